The zero-order valence-electron chi connectivity index (χ0n) is 26.8. The fourth-order valence-electron chi connectivity index (χ4n) is 6.07. The summed E-state index contributed by atoms with van der Waals surface area (Å²) in [7, 11) is 0. The van der Waals surface area contributed by atoms with E-state index in [0.717, 1.165) is 41.0 Å². The maximum Gasteiger partial charge on any atom is 0.337 e. The second-order valence-electron chi connectivity index (χ2n) is 13.1. The highest BCUT2D eigenvalue weighted by molar-refractivity contribution is 5.80. The van der Waals surface area contributed by atoms with Crippen molar-refractivity contribution in [2.24, 2.45) is 0 Å². The molecule has 2 atom stereocenters. The SMILES string of the molecule is Cc1nc2cc3nn2c(c1[C@H](OC(C)(C)C)C(=O)O)N1CCC(C)(CC1)OC/C=C\[C@@H](C)Oc1ccncc1-c1cccc-3c1. The molecule has 45 heavy (non-hydrogen) atoms. The topological polar surface area (TPSA) is 111 Å². The number of hydrogen-bond donors (Lipinski definition) is 1. The Bertz CT molecular complexity index is 1750. The first-order valence-electron chi connectivity index (χ1n) is 15.5. The second-order valence-corrected chi connectivity index (χ2v) is 13.1. The molecule has 6 heterocycles. The normalized spacial score (nSPS) is 21.8. The lowest BCUT2D eigenvalue weighted by molar-refractivity contribution is -0.160. The molecule has 0 spiro atoms. The predicted octanol–water partition coefficient (Wildman–Crippen LogP) is 6.42. The molecule has 4 aromatic rings. The highest BCUT2D eigenvalue weighted by atomic mass is 16.5. The first-order chi connectivity index (χ1) is 21.4. The van der Waals surface area contributed by atoms with Crippen LogP contribution in [-0.4, -0.2) is 67.7 Å². The molecule has 1 fully saturated rings. The quantitative estimate of drug-likeness (QED) is 0.262. The molecule has 7 rings (SSSR count). The van der Waals surface area contributed by atoms with Gasteiger partial charge in [0, 0.05) is 48.4 Å². The number of aromatic nitrogens is 4. The van der Waals surface area contributed by atoms with Gasteiger partial charge in [-0.3, -0.25) is 4.98 Å². The highest BCUT2D eigenvalue weighted by Gasteiger charge is 2.37. The minimum Gasteiger partial charge on any atom is -0.486 e. The predicted molar refractivity (Wildman–Crippen MR) is 173 cm³/mol. The van der Waals surface area contributed by atoms with E-state index in [0.29, 0.717) is 42.4 Å². The molecule has 0 amide bonds. The van der Waals surface area contributed by atoms with E-state index in [-0.39, 0.29) is 11.7 Å². The molecular formula is C35H41N5O5. The smallest absolute Gasteiger partial charge is 0.337 e. The summed E-state index contributed by atoms with van der Waals surface area (Å²) in [5.41, 5.74) is 4.13. The van der Waals surface area contributed by atoms with Crippen molar-refractivity contribution in [3.05, 3.63) is 72.2 Å². The van der Waals surface area contributed by atoms with Gasteiger partial charge < -0.3 is 24.2 Å². The first kappa shape index (κ1) is 30.7. The van der Waals surface area contributed by atoms with Crippen molar-refractivity contribution in [1.82, 2.24) is 19.6 Å². The second kappa shape index (κ2) is 11.9. The van der Waals surface area contributed by atoms with E-state index in [1.165, 1.54) is 0 Å². The summed E-state index contributed by atoms with van der Waals surface area (Å²) in [6, 6.07) is 11.9. The molecule has 0 radical (unpaired) electrons. The van der Waals surface area contributed by atoms with Crippen LogP contribution in [0.3, 0.4) is 0 Å². The van der Waals surface area contributed by atoms with Crippen LogP contribution in [0.5, 0.6) is 5.75 Å². The summed E-state index contributed by atoms with van der Waals surface area (Å²) < 4.78 is 20.7. The molecule has 10 heteroatoms. The third kappa shape index (κ3) is 6.43. The minimum absolute atomic E-state index is 0.171. The third-order valence-corrected chi connectivity index (χ3v) is 8.38. The van der Waals surface area contributed by atoms with Gasteiger partial charge in [0.1, 0.15) is 17.7 Å². The van der Waals surface area contributed by atoms with E-state index < -0.39 is 17.7 Å². The monoisotopic (exact) mass is 611 g/mol. The number of carbonyl (C=O) groups is 1. The summed E-state index contributed by atoms with van der Waals surface area (Å²) >= 11 is 0. The fraction of sp³-hybridized carbons (Fsp3) is 0.429. The maximum absolute atomic E-state index is 12.8. The van der Waals surface area contributed by atoms with Gasteiger partial charge >= 0.3 is 5.97 Å². The van der Waals surface area contributed by atoms with Crippen molar-refractivity contribution < 1.29 is 24.1 Å². The Hall–Kier alpha value is -4.28. The van der Waals surface area contributed by atoms with Crippen molar-refractivity contribution in [3.63, 3.8) is 0 Å². The van der Waals surface area contributed by atoms with E-state index in [4.69, 9.17) is 24.3 Å². The Kier molecular flexibility index (Phi) is 8.13. The van der Waals surface area contributed by atoms with Gasteiger partial charge in [-0.15, -0.1) is 0 Å². The standard InChI is InChI=1S/C35H41N5O5/c1-22-9-8-18-43-35(6)13-16-39(17-14-35)32-30(31(33(41)42)45-34(3,4)5)23(2)37-29-20-27(38-40(29)32)25-11-7-10-24(19-25)26-21-36-15-12-28(26)44-22/h7-12,15,19-22,31H,13-14,16-18H2,1-6H3,(H,41,42)/b9-8-/t22-,31+/m1/s1. The highest BCUT2D eigenvalue weighted by Crippen LogP contribution is 2.39. The molecule has 1 N–H and O–H groups in total. The zero-order valence-corrected chi connectivity index (χ0v) is 26.8. The lowest BCUT2D eigenvalue weighted by Gasteiger charge is -2.41. The van der Waals surface area contributed by atoms with Crippen LogP contribution in [0.25, 0.3) is 28.0 Å². The number of carboxylic acid groups (broad SMARTS) is 1. The molecule has 3 aliphatic heterocycles. The van der Waals surface area contributed by atoms with E-state index in [1.54, 1.807) is 10.7 Å². The van der Waals surface area contributed by atoms with E-state index in [2.05, 4.69) is 22.9 Å². The largest absolute Gasteiger partial charge is 0.486 e. The maximum atomic E-state index is 12.8. The van der Waals surface area contributed by atoms with Gasteiger partial charge in [0.15, 0.2) is 11.8 Å². The minimum atomic E-state index is -1.23. The molecule has 0 unspecified atom stereocenters. The van der Waals surface area contributed by atoms with Gasteiger partial charge in [-0.05, 0) is 78.2 Å². The number of ether oxygens (including phenoxy) is 3. The summed E-state index contributed by atoms with van der Waals surface area (Å²) in [5.74, 6) is 0.351. The van der Waals surface area contributed by atoms with Gasteiger partial charge in [-0.25, -0.2) is 9.78 Å². The number of carboxylic acids is 1. The summed E-state index contributed by atoms with van der Waals surface area (Å²) in [6.45, 7) is 13.3. The first-order valence-corrected chi connectivity index (χ1v) is 15.5. The van der Waals surface area contributed by atoms with Crippen LogP contribution in [0.2, 0.25) is 0 Å². The zero-order chi connectivity index (χ0) is 31.9. The van der Waals surface area contributed by atoms with Crippen LogP contribution in [-0.2, 0) is 14.3 Å². The Morgan fingerprint density at radius 2 is 1.91 bits per heavy atom. The number of rotatable bonds is 3. The molecule has 236 valence electrons. The number of hydrogen-bond acceptors (Lipinski definition) is 8. The van der Waals surface area contributed by atoms with Gasteiger partial charge in [0.2, 0.25) is 0 Å². The van der Waals surface area contributed by atoms with Crippen LogP contribution in [0, 0.1) is 6.92 Å². The molecule has 3 aromatic heterocycles. The van der Waals surface area contributed by atoms with Crippen molar-refractivity contribution in [2.45, 2.75) is 77.8 Å². The molecule has 10 nitrogen and oxygen atoms in total. The number of piperidine rings is 1. The Morgan fingerprint density at radius 1 is 1.16 bits per heavy atom. The van der Waals surface area contributed by atoms with Crippen molar-refractivity contribution >= 4 is 17.4 Å². The van der Waals surface area contributed by atoms with Crippen molar-refractivity contribution in [1.29, 1.82) is 0 Å². The van der Waals surface area contributed by atoms with Crippen LogP contribution >= 0.6 is 0 Å². The number of nitrogens with zero attached hydrogens (tertiary/aromatic N) is 5. The lowest BCUT2D eigenvalue weighted by Crippen LogP contribution is -2.45. The number of aryl methyl sites for hydroxylation is 1. The number of aliphatic carboxylic acids is 1. The van der Waals surface area contributed by atoms with Gasteiger partial charge in [-0.1, -0.05) is 24.3 Å². The summed E-state index contributed by atoms with van der Waals surface area (Å²) in [5, 5.41) is 15.5. The van der Waals surface area contributed by atoms with Gasteiger partial charge in [-0.2, -0.15) is 9.61 Å². The Morgan fingerprint density at radius 3 is 2.64 bits per heavy atom. The molecule has 0 saturated carbocycles. The average molecular weight is 612 g/mol. The van der Waals surface area contributed by atoms with Gasteiger partial charge in [0.25, 0.3) is 0 Å². The van der Waals surface area contributed by atoms with Crippen LogP contribution in [0.1, 0.15) is 64.8 Å². The fourth-order valence-corrected chi connectivity index (χ4v) is 6.07. The molecule has 6 bridgehead atoms. The summed E-state index contributed by atoms with van der Waals surface area (Å²) in [4.78, 5) is 24.2. The Balaban J connectivity index is 1.55. The van der Waals surface area contributed by atoms with Crippen LogP contribution in [0.15, 0.2) is 60.9 Å². The van der Waals surface area contributed by atoms with E-state index >= 15 is 0 Å². The number of benzene rings is 1. The number of anilines is 1. The third-order valence-electron chi connectivity index (χ3n) is 8.38. The van der Waals surface area contributed by atoms with Gasteiger partial charge in [0.05, 0.1) is 29.1 Å². The molecule has 1 saturated heterocycles. The number of fused-ring (bicyclic) bond motifs is 6. The van der Waals surface area contributed by atoms with E-state index in [1.807, 2.05) is 83.3 Å². The Labute approximate surface area is 263 Å². The van der Waals surface area contributed by atoms with Crippen LogP contribution in [0.4, 0.5) is 5.82 Å². The van der Waals surface area contributed by atoms with E-state index in [9.17, 15) is 9.90 Å². The number of pyridine rings is 1. The molecule has 0 aliphatic carbocycles. The molecular weight excluding hydrogens is 570 g/mol. The molecule has 1 aromatic carbocycles. The van der Waals surface area contributed by atoms with Crippen molar-refractivity contribution in [3.8, 4) is 28.1 Å². The van der Waals surface area contributed by atoms with Crippen LogP contribution < -0.4 is 9.64 Å². The molecule has 3 aliphatic rings. The average Bonchev–Trinajstić information content (AvgIpc) is 3.41. The lowest BCUT2D eigenvalue weighted by atomic mass is 9.92. The summed E-state index contributed by atoms with van der Waals surface area (Å²) in [6.07, 6.45) is 7.68. The van der Waals surface area contributed by atoms with Crippen molar-refractivity contribution in [2.75, 3.05) is 24.6 Å².